The quantitative estimate of drug-likeness (QED) is 0.678. The molecule has 0 aromatic rings. The Morgan fingerprint density at radius 1 is 1.00 bits per heavy atom. The second-order valence-corrected chi connectivity index (χ2v) is 9.00. The molecule has 3 heteroatoms. The minimum absolute atomic E-state index is 0.0425. The first-order valence-electron chi connectivity index (χ1n) is 8.44. The van der Waals surface area contributed by atoms with Crippen LogP contribution in [0, 0.1) is 22.2 Å². The molecule has 3 fully saturated rings. The monoisotopic (exact) mass is 294 g/mol. The summed E-state index contributed by atoms with van der Waals surface area (Å²) in [4.78, 5) is 12.4. The van der Waals surface area contributed by atoms with Gasteiger partial charge in [-0.25, -0.2) is 0 Å². The van der Waals surface area contributed by atoms with Gasteiger partial charge < -0.3 is 9.47 Å². The number of Topliss-reactive ketones (excluding diaryl/α,β-unsaturated/α-hetero) is 1. The van der Waals surface area contributed by atoms with Crippen LogP contribution >= 0.6 is 0 Å². The zero-order chi connectivity index (χ0) is 15.5. The van der Waals surface area contributed by atoms with Crippen molar-refractivity contribution in [3.63, 3.8) is 0 Å². The van der Waals surface area contributed by atoms with Gasteiger partial charge in [-0.2, -0.15) is 0 Å². The lowest BCUT2D eigenvalue weighted by atomic mass is 9.49. The van der Waals surface area contributed by atoms with E-state index in [1.165, 1.54) is 0 Å². The summed E-state index contributed by atoms with van der Waals surface area (Å²) in [5.41, 5.74) is -0.201. The number of carbonyl (C=O) groups excluding carboxylic acids is 1. The number of fused-ring (bicyclic) bond motifs is 2. The molecule has 0 unspecified atom stereocenters. The van der Waals surface area contributed by atoms with Crippen LogP contribution in [0.4, 0.5) is 0 Å². The summed E-state index contributed by atoms with van der Waals surface area (Å²) in [5, 5.41) is 0. The molecule has 3 rings (SSSR count). The first-order valence-corrected chi connectivity index (χ1v) is 8.44. The molecule has 21 heavy (non-hydrogen) atoms. The molecule has 3 nitrogen and oxygen atoms in total. The Kier molecular flexibility index (Phi) is 3.35. The third-order valence-electron chi connectivity index (χ3n) is 6.49. The maximum atomic E-state index is 12.4. The molecule has 0 radical (unpaired) electrons. The predicted octanol–water partition coefficient (Wildman–Crippen LogP) is 3.95. The van der Waals surface area contributed by atoms with Gasteiger partial charge in [0.15, 0.2) is 5.79 Å². The molecule has 2 saturated carbocycles. The lowest BCUT2D eigenvalue weighted by Gasteiger charge is -2.62. The molecule has 3 aliphatic rings. The number of carbonyl (C=O) groups is 1. The molecule has 2 atom stereocenters. The van der Waals surface area contributed by atoms with E-state index >= 15 is 0 Å². The van der Waals surface area contributed by atoms with Crippen LogP contribution < -0.4 is 0 Å². The Morgan fingerprint density at radius 3 is 2.24 bits per heavy atom. The van der Waals surface area contributed by atoms with Crippen molar-refractivity contribution in [3.05, 3.63) is 0 Å². The van der Waals surface area contributed by atoms with E-state index in [0.717, 1.165) is 38.9 Å². The second-order valence-electron chi connectivity index (χ2n) is 9.00. The van der Waals surface area contributed by atoms with Crippen LogP contribution in [0.1, 0.15) is 66.7 Å². The van der Waals surface area contributed by atoms with Gasteiger partial charge in [0, 0.05) is 29.1 Å². The fourth-order valence-corrected chi connectivity index (χ4v) is 5.00. The molecule has 0 aromatic carbocycles. The van der Waals surface area contributed by atoms with Gasteiger partial charge in [0.05, 0.1) is 13.2 Å². The average Bonchev–Trinajstić information content (AvgIpc) is 2.40. The number of hydrogen-bond donors (Lipinski definition) is 0. The van der Waals surface area contributed by atoms with Crippen LogP contribution in [0.2, 0.25) is 0 Å². The van der Waals surface area contributed by atoms with Crippen molar-refractivity contribution in [2.75, 3.05) is 13.2 Å². The zero-order valence-corrected chi connectivity index (χ0v) is 14.3. The standard InChI is InChI=1S/C18H30O3/c1-15(2)11-20-18(21-12-15)9-6-7-13-16(3,4)14(19)8-10-17(13,18)5/h13H,6-12H2,1-5H3/t13-,17-/m1/s1. The Bertz CT molecular complexity index is 441. The maximum Gasteiger partial charge on any atom is 0.173 e. The summed E-state index contributed by atoms with van der Waals surface area (Å²) >= 11 is 0. The van der Waals surface area contributed by atoms with E-state index in [9.17, 15) is 4.79 Å². The number of ether oxygens (including phenoxy) is 2. The van der Waals surface area contributed by atoms with Gasteiger partial charge in [-0.1, -0.05) is 34.6 Å². The molecule has 0 bridgehead atoms. The number of rotatable bonds is 0. The molecule has 1 heterocycles. The third kappa shape index (κ3) is 2.11. The number of ketones is 1. The summed E-state index contributed by atoms with van der Waals surface area (Å²) in [5.74, 6) is 0.308. The fourth-order valence-electron chi connectivity index (χ4n) is 5.00. The summed E-state index contributed by atoms with van der Waals surface area (Å²) in [7, 11) is 0. The van der Waals surface area contributed by atoms with Crippen LogP contribution in [0.25, 0.3) is 0 Å². The molecule has 0 aromatic heterocycles. The van der Waals surface area contributed by atoms with E-state index < -0.39 is 5.79 Å². The van der Waals surface area contributed by atoms with Crippen LogP contribution in [0.3, 0.4) is 0 Å². The van der Waals surface area contributed by atoms with Crippen LogP contribution in [-0.4, -0.2) is 24.8 Å². The van der Waals surface area contributed by atoms with E-state index in [2.05, 4.69) is 34.6 Å². The molecule has 0 N–H and O–H groups in total. The molecule has 1 aliphatic heterocycles. The van der Waals surface area contributed by atoms with Crippen LogP contribution in [-0.2, 0) is 14.3 Å². The van der Waals surface area contributed by atoms with Gasteiger partial charge in [0.1, 0.15) is 5.78 Å². The van der Waals surface area contributed by atoms with Crippen LogP contribution in [0.15, 0.2) is 0 Å². The van der Waals surface area contributed by atoms with Crippen molar-refractivity contribution in [2.24, 2.45) is 22.2 Å². The highest BCUT2D eigenvalue weighted by Crippen LogP contribution is 2.62. The lowest BCUT2D eigenvalue weighted by Crippen LogP contribution is -2.65. The topological polar surface area (TPSA) is 35.5 Å². The van der Waals surface area contributed by atoms with Crippen molar-refractivity contribution in [1.82, 2.24) is 0 Å². The smallest absolute Gasteiger partial charge is 0.173 e. The Labute approximate surface area is 128 Å². The van der Waals surface area contributed by atoms with Gasteiger partial charge in [-0.05, 0) is 25.2 Å². The summed E-state index contributed by atoms with van der Waals surface area (Å²) in [6.45, 7) is 12.5. The van der Waals surface area contributed by atoms with E-state index in [1.807, 2.05) is 0 Å². The molecule has 0 amide bonds. The molecular weight excluding hydrogens is 264 g/mol. The zero-order valence-electron chi connectivity index (χ0n) is 14.3. The predicted molar refractivity (Wildman–Crippen MR) is 81.9 cm³/mol. The van der Waals surface area contributed by atoms with Gasteiger partial charge in [-0.15, -0.1) is 0 Å². The molecular formula is C18H30O3. The average molecular weight is 294 g/mol. The van der Waals surface area contributed by atoms with Gasteiger partial charge in [0.2, 0.25) is 0 Å². The van der Waals surface area contributed by atoms with Crippen molar-refractivity contribution in [1.29, 1.82) is 0 Å². The minimum atomic E-state index is -0.469. The van der Waals surface area contributed by atoms with E-state index in [1.54, 1.807) is 0 Å². The highest BCUT2D eigenvalue weighted by molar-refractivity contribution is 5.85. The Hall–Kier alpha value is -0.410. The minimum Gasteiger partial charge on any atom is -0.349 e. The Morgan fingerprint density at radius 2 is 1.62 bits per heavy atom. The lowest BCUT2D eigenvalue weighted by molar-refractivity contribution is -0.374. The highest BCUT2D eigenvalue weighted by Gasteiger charge is 2.64. The summed E-state index contributed by atoms with van der Waals surface area (Å²) < 4.78 is 12.8. The normalized spacial score (nSPS) is 40.8. The Balaban J connectivity index is 1.95. The molecule has 2 aliphatic carbocycles. The largest absolute Gasteiger partial charge is 0.349 e. The summed E-state index contributed by atoms with van der Waals surface area (Å²) in [6.07, 6.45) is 4.75. The highest BCUT2D eigenvalue weighted by atomic mass is 16.7. The van der Waals surface area contributed by atoms with Gasteiger partial charge >= 0.3 is 0 Å². The van der Waals surface area contributed by atoms with Gasteiger partial charge in [0.25, 0.3) is 0 Å². The van der Waals surface area contributed by atoms with Crippen molar-refractivity contribution in [2.45, 2.75) is 72.5 Å². The molecule has 1 spiro atoms. The SMILES string of the molecule is CC1(C)COC2(CCC[C@@H]3C(C)(C)C(=O)CC[C@]32C)OC1. The van der Waals surface area contributed by atoms with Crippen LogP contribution in [0.5, 0.6) is 0 Å². The fraction of sp³-hybridized carbons (Fsp3) is 0.944. The number of hydrogen-bond acceptors (Lipinski definition) is 3. The molecule has 1 saturated heterocycles. The van der Waals surface area contributed by atoms with Crippen molar-refractivity contribution >= 4 is 5.78 Å². The molecule has 120 valence electrons. The van der Waals surface area contributed by atoms with Crippen molar-refractivity contribution in [3.8, 4) is 0 Å². The van der Waals surface area contributed by atoms with E-state index in [-0.39, 0.29) is 16.2 Å². The summed E-state index contributed by atoms with van der Waals surface area (Å²) in [6, 6.07) is 0. The third-order valence-corrected chi connectivity index (χ3v) is 6.49. The first-order chi connectivity index (χ1) is 9.63. The first kappa shape index (κ1) is 15.5. The second kappa shape index (κ2) is 4.55. The maximum absolute atomic E-state index is 12.4. The van der Waals surface area contributed by atoms with Gasteiger partial charge in [-0.3, -0.25) is 4.79 Å². The van der Waals surface area contributed by atoms with E-state index in [0.29, 0.717) is 18.1 Å². The van der Waals surface area contributed by atoms with Crippen molar-refractivity contribution < 1.29 is 14.3 Å². The van der Waals surface area contributed by atoms with E-state index in [4.69, 9.17) is 9.47 Å².